The average molecular weight is 352 g/mol. The summed E-state index contributed by atoms with van der Waals surface area (Å²) in [5.41, 5.74) is 3.03. The Hall–Kier alpha value is -2.21. The number of carbonyl (C=O) groups excluding carboxylic acids is 1. The van der Waals surface area contributed by atoms with Crippen molar-refractivity contribution in [1.29, 1.82) is 0 Å². The highest BCUT2D eigenvalue weighted by atomic mass is 16.5. The number of hydrogen-bond acceptors (Lipinski definition) is 5. The van der Waals surface area contributed by atoms with Crippen molar-refractivity contribution >= 4 is 5.91 Å². The number of nitrogens with zero attached hydrogens (tertiary/aromatic N) is 4. The number of hydrogen-bond donors (Lipinski definition) is 0. The van der Waals surface area contributed by atoms with Crippen LogP contribution in [0.3, 0.4) is 0 Å². The van der Waals surface area contributed by atoms with Gasteiger partial charge in [-0.1, -0.05) is 29.4 Å². The second kappa shape index (κ2) is 6.20. The van der Waals surface area contributed by atoms with Gasteiger partial charge in [-0.25, -0.2) is 0 Å². The largest absolute Gasteiger partial charge is 0.339 e. The molecule has 0 N–H and O–H groups in total. The molecule has 2 aliphatic heterocycles. The molecule has 1 atom stereocenters. The minimum atomic E-state index is 0.0575. The summed E-state index contributed by atoms with van der Waals surface area (Å²) in [5, 5.41) is 3.85. The van der Waals surface area contributed by atoms with Gasteiger partial charge in [-0.15, -0.1) is 0 Å². The van der Waals surface area contributed by atoms with Gasteiger partial charge in [0.25, 0.3) is 0 Å². The lowest BCUT2D eigenvalue weighted by atomic mass is 10.0. The Balaban J connectivity index is 1.13. The summed E-state index contributed by atoms with van der Waals surface area (Å²) < 4.78 is 5.27. The van der Waals surface area contributed by atoms with Gasteiger partial charge in [-0.3, -0.25) is 9.69 Å². The molecule has 5 rings (SSSR count). The lowest BCUT2D eigenvalue weighted by molar-refractivity contribution is -0.133. The van der Waals surface area contributed by atoms with E-state index in [1.807, 2.05) is 11.8 Å². The van der Waals surface area contributed by atoms with Crippen molar-refractivity contribution in [2.75, 3.05) is 26.2 Å². The first kappa shape index (κ1) is 16.0. The number of likely N-dealkylation sites (tertiary alicyclic amines) is 2. The van der Waals surface area contributed by atoms with Crippen LogP contribution in [0, 0.1) is 12.8 Å². The summed E-state index contributed by atoms with van der Waals surface area (Å²) in [6.07, 6.45) is 2.88. The van der Waals surface area contributed by atoms with Crippen LogP contribution in [0.2, 0.25) is 0 Å². The van der Waals surface area contributed by atoms with Gasteiger partial charge in [0.05, 0.1) is 12.0 Å². The maximum absolute atomic E-state index is 12.4. The van der Waals surface area contributed by atoms with Crippen molar-refractivity contribution in [2.45, 2.75) is 38.1 Å². The smallest absolute Gasteiger partial charge is 0.232 e. The summed E-state index contributed by atoms with van der Waals surface area (Å²) in [4.78, 5) is 21.2. The van der Waals surface area contributed by atoms with E-state index in [2.05, 4.69) is 39.3 Å². The molecule has 136 valence electrons. The molecule has 1 unspecified atom stereocenters. The minimum Gasteiger partial charge on any atom is -0.339 e. The third-order valence-corrected chi connectivity index (χ3v) is 6.08. The first-order valence-corrected chi connectivity index (χ1v) is 9.54. The molecule has 2 fully saturated rings. The quantitative estimate of drug-likeness (QED) is 0.840. The van der Waals surface area contributed by atoms with Gasteiger partial charge in [-0.05, 0) is 36.8 Å². The van der Waals surface area contributed by atoms with Gasteiger partial charge in [0, 0.05) is 32.6 Å². The van der Waals surface area contributed by atoms with E-state index in [4.69, 9.17) is 4.52 Å². The Morgan fingerprint density at radius 3 is 2.50 bits per heavy atom. The molecular formula is C20H24N4O2. The van der Waals surface area contributed by atoms with Gasteiger partial charge in [0.15, 0.2) is 5.82 Å². The van der Waals surface area contributed by atoms with E-state index in [9.17, 15) is 4.79 Å². The first-order valence-electron chi connectivity index (χ1n) is 9.54. The minimum absolute atomic E-state index is 0.0575. The third kappa shape index (κ3) is 2.82. The predicted molar refractivity (Wildman–Crippen MR) is 95.7 cm³/mol. The fraction of sp³-hybridized carbons (Fsp3) is 0.550. The monoisotopic (exact) mass is 352 g/mol. The topological polar surface area (TPSA) is 62.5 Å². The zero-order valence-electron chi connectivity index (χ0n) is 15.1. The van der Waals surface area contributed by atoms with Crippen LogP contribution in [-0.2, 0) is 17.6 Å². The van der Waals surface area contributed by atoms with Crippen LogP contribution in [0.4, 0.5) is 0 Å². The van der Waals surface area contributed by atoms with Gasteiger partial charge in [0.1, 0.15) is 0 Å². The van der Waals surface area contributed by atoms with E-state index < -0.39 is 0 Å². The molecule has 0 saturated carbocycles. The summed E-state index contributed by atoms with van der Waals surface area (Å²) in [5.74, 6) is 2.25. The third-order valence-electron chi connectivity index (χ3n) is 6.08. The standard InChI is InChI=1S/C20H24N4O2/c1-13-21-20(26-22-13)17-8-19(25)24(10-17)18-11-23(12-18)9-14-6-15-4-2-3-5-16(15)7-14/h2-5,14,17-18H,6-12H2,1H3. The summed E-state index contributed by atoms with van der Waals surface area (Å²) in [6.45, 7) is 5.66. The van der Waals surface area contributed by atoms with E-state index >= 15 is 0 Å². The molecule has 2 saturated heterocycles. The number of carbonyl (C=O) groups is 1. The predicted octanol–water partition coefficient (Wildman–Crippen LogP) is 1.79. The lowest BCUT2D eigenvalue weighted by Crippen LogP contribution is -2.60. The summed E-state index contributed by atoms with van der Waals surface area (Å²) >= 11 is 0. The van der Waals surface area contributed by atoms with Crippen LogP contribution >= 0.6 is 0 Å². The van der Waals surface area contributed by atoms with Crippen LogP contribution in [0.1, 0.15) is 35.2 Å². The van der Waals surface area contributed by atoms with E-state index in [1.165, 1.54) is 24.0 Å². The lowest BCUT2D eigenvalue weighted by Gasteiger charge is -2.45. The SMILES string of the molecule is Cc1noc(C2CC(=O)N(C3CN(CC4Cc5ccccc5C4)C3)C2)n1. The molecule has 1 aromatic carbocycles. The Morgan fingerprint density at radius 2 is 1.85 bits per heavy atom. The highest BCUT2D eigenvalue weighted by Crippen LogP contribution is 2.32. The molecule has 1 amide bonds. The fourth-order valence-corrected chi connectivity index (χ4v) is 4.76. The van der Waals surface area contributed by atoms with Crippen molar-refractivity contribution in [3.8, 4) is 0 Å². The van der Waals surface area contributed by atoms with Crippen molar-refractivity contribution in [3.63, 3.8) is 0 Å². The van der Waals surface area contributed by atoms with Gasteiger partial charge in [-0.2, -0.15) is 4.98 Å². The molecule has 3 heterocycles. The maximum Gasteiger partial charge on any atom is 0.232 e. The van der Waals surface area contributed by atoms with E-state index in [-0.39, 0.29) is 11.8 Å². The van der Waals surface area contributed by atoms with Gasteiger partial charge >= 0.3 is 0 Å². The Morgan fingerprint density at radius 1 is 1.12 bits per heavy atom. The number of benzene rings is 1. The average Bonchev–Trinajstić information content (AvgIpc) is 3.28. The van der Waals surface area contributed by atoms with E-state index in [0.717, 1.165) is 25.6 Å². The second-order valence-electron chi connectivity index (χ2n) is 8.04. The number of aromatic nitrogens is 2. The molecule has 6 nitrogen and oxygen atoms in total. The summed E-state index contributed by atoms with van der Waals surface area (Å²) in [7, 11) is 0. The van der Waals surface area contributed by atoms with Crippen LogP contribution in [0.15, 0.2) is 28.8 Å². The zero-order chi connectivity index (χ0) is 17.7. The van der Waals surface area contributed by atoms with Crippen LogP contribution < -0.4 is 0 Å². The number of fused-ring (bicyclic) bond motifs is 1. The number of amides is 1. The Kier molecular flexibility index (Phi) is 3.81. The van der Waals surface area contributed by atoms with Gasteiger partial charge < -0.3 is 9.42 Å². The summed E-state index contributed by atoms with van der Waals surface area (Å²) in [6, 6.07) is 9.15. The molecule has 1 aliphatic carbocycles. The van der Waals surface area contributed by atoms with E-state index in [0.29, 0.717) is 30.7 Å². The fourth-order valence-electron chi connectivity index (χ4n) is 4.76. The molecule has 0 bridgehead atoms. The molecule has 1 aromatic heterocycles. The molecule has 6 heteroatoms. The second-order valence-corrected chi connectivity index (χ2v) is 8.04. The van der Waals surface area contributed by atoms with Crippen LogP contribution in [-0.4, -0.2) is 58.1 Å². The van der Waals surface area contributed by atoms with Crippen LogP contribution in [0.5, 0.6) is 0 Å². The number of rotatable bonds is 4. The van der Waals surface area contributed by atoms with Gasteiger partial charge in [0.2, 0.25) is 11.8 Å². The molecule has 0 radical (unpaired) electrons. The highest BCUT2D eigenvalue weighted by Gasteiger charge is 2.42. The van der Waals surface area contributed by atoms with Crippen molar-refractivity contribution in [1.82, 2.24) is 19.9 Å². The molecule has 2 aromatic rings. The van der Waals surface area contributed by atoms with Crippen molar-refractivity contribution in [3.05, 3.63) is 47.1 Å². The number of aryl methyl sites for hydroxylation is 1. The van der Waals surface area contributed by atoms with Crippen molar-refractivity contribution < 1.29 is 9.32 Å². The van der Waals surface area contributed by atoms with E-state index in [1.54, 1.807) is 0 Å². The van der Waals surface area contributed by atoms with Crippen molar-refractivity contribution in [2.24, 2.45) is 5.92 Å². The van der Waals surface area contributed by atoms with Crippen LogP contribution in [0.25, 0.3) is 0 Å². The zero-order valence-corrected chi connectivity index (χ0v) is 15.1. The first-order chi connectivity index (χ1) is 12.7. The highest BCUT2D eigenvalue weighted by molar-refractivity contribution is 5.80. The molecule has 3 aliphatic rings. The molecule has 26 heavy (non-hydrogen) atoms. The molecule has 0 spiro atoms. The normalized spacial score (nSPS) is 24.3. The molecular weight excluding hydrogens is 328 g/mol. The Bertz CT molecular complexity index is 802. The maximum atomic E-state index is 12.4. The Labute approximate surface area is 153 Å².